The predicted octanol–water partition coefficient (Wildman–Crippen LogP) is -0.201. The van der Waals surface area contributed by atoms with E-state index in [9.17, 15) is 24.9 Å². The molecule has 4 atom stereocenters. The lowest BCUT2D eigenvalue weighted by Crippen LogP contribution is -2.64. The number of aliphatic hydroxyl groups excluding tert-OH is 2. The second kappa shape index (κ2) is 6.19. The van der Waals surface area contributed by atoms with Crippen LogP contribution in [0.4, 0.5) is 0 Å². The molecule has 8 nitrogen and oxygen atoms in total. The van der Waals surface area contributed by atoms with E-state index in [1.54, 1.807) is 5.51 Å². The number of β-lactam (4-membered cyclic amide) rings is 1. The van der Waals surface area contributed by atoms with Gasteiger partial charge in [0.1, 0.15) is 11.2 Å². The molecule has 2 aliphatic rings. The van der Waals surface area contributed by atoms with Gasteiger partial charge in [-0.1, -0.05) is 23.1 Å². The fraction of sp³-hybridized carbons (Fsp3) is 0.538. The molecule has 0 radical (unpaired) electrons. The molecule has 1 fully saturated rings. The number of hydrogen-bond acceptors (Lipinski definition) is 8. The number of hydrogen-bond donors (Lipinski definition) is 3. The summed E-state index contributed by atoms with van der Waals surface area (Å²) in [4.78, 5) is 25.0. The van der Waals surface area contributed by atoms with Gasteiger partial charge >= 0.3 is 5.97 Å². The summed E-state index contributed by atoms with van der Waals surface area (Å²) in [5.41, 5.74) is 2.00. The average Bonchev–Trinajstić information content (AvgIpc) is 3.08. The van der Waals surface area contributed by atoms with Crippen molar-refractivity contribution in [2.24, 2.45) is 11.8 Å². The molecule has 124 valence electrons. The SMILES string of the molecule is C[C@@H](O)[C@H]1C(=O)N2C(C(=O)O)=C(CSc3nncs3)[C@H](CO)[C@@H]12. The van der Waals surface area contributed by atoms with Crippen LogP contribution in [-0.2, 0) is 9.59 Å². The maximum absolute atomic E-state index is 12.2. The Morgan fingerprint density at radius 3 is 2.83 bits per heavy atom. The smallest absolute Gasteiger partial charge is 0.352 e. The summed E-state index contributed by atoms with van der Waals surface area (Å²) in [7, 11) is 0. The third-order valence-electron chi connectivity index (χ3n) is 4.20. The van der Waals surface area contributed by atoms with Crippen LogP contribution in [0.25, 0.3) is 0 Å². The van der Waals surface area contributed by atoms with Gasteiger partial charge in [0.25, 0.3) is 0 Å². The molecular formula is C13H15N3O5S2. The topological polar surface area (TPSA) is 124 Å². The maximum atomic E-state index is 12.2. The van der Waals surface area contributed by atoms with Crippen LogP contribution in [0.15, 0.2) is 21.1 Å². The van der Waals surface area contributed by atoms with Crippen molar-refractivity contribution in [2.45, 2.75) is 23.4 Å². The minimum Gasteiger partial charge on any atom is -0.477 e. The van der Waals surface area contributed by atoms with Crippen molar-refractivity contribution in [1.29, 1.82) is 0 Å². The molecule has 1 amide bonds. The van der Waals surface area contributed by atoms with Gasteiger partial charge in [-0.15, -0.1) is 10.2 Å². The summed E-state index contributed by atoms with van der Waals surface area (Å²) in [6, 6.07) is -0.497. The molecule has 0 aliphatic carbocycles. The van der Waals surface area contributed by atoms with Crippen LogP contribution >= 0.6 is 23.1 Å². The highest BCUT2D eigenvalue weighted by molar-refractivity contribution is 8.01. The fourth-order valence-corrected chi connectivity index (χ4v) is 4.84. The Labute approximate surface area is 139 Å². The molecule has 1 aromatic rings. The zero-order valence-corrected chi connectivity index (χ0v) is 13.8. The Morgan fingerprint density at radius 2 is 2.30 bits per heavy atom. The maximum Gasteiger partial charge on any atom is 0.352 e. The number of amides is 1. The Kier molecular flexibility index (Phi) is 4.41. The molecule has 0 aromatic carbocycles. The van der Waals surface area contributed by atoms with Gasteiger partial charge in [0.05, 0.1) is 24.7 Å². The highest BCUT2D eigenvalue weighted by Gasteiger charge is 2.60. The van der Waals surface area contributed by atoms with Crippen molar-refractivity contribution in [3.63, 3.8) is 0 Å². The summed E-state index contributed by atoms with van der Waals surface area (Å²) in [6.07, 6.45) is -0.886. The summed E-state index contributed by atoms with van der Waals surface area (Å²) >= 11 is 2.66. The first-order chi connectivity index (χ1) is 11.0. The number of thioether (sulfide) groups is 1. The first-order valence-corrected chi connectivity index (χ1v) is 8.81. The molecule has 2 aliphatic heterocycles. The van der Waals surface area contributed by atoms with E-state index in [-0.39, 0.29) is 12.3 Å². The molecule has 3 heterocycles. The first kappa shape index (κ1) is 16.4. The van der Waals surface area contributed by atoms with Crippen molar-refractivity contribution in [3.05, 3.63) is 16.8 Å². The standard InChI is InChI=1S/C13H15N3O5S2/c1-5(18)8-9-6(2-17)7(3-22-13-15-14-4-23-13)10(12(20)21)16(9)11(8)19/h4-6,8-9,17-18H,2-3H2,1H3,(H,20,21)/t5-,6+,8-,9+/m1/s1. The summed E-state index contributed by atoms with van der Waals surface area (Å²) < 4.78 is 0.687. The molecule has 1 saturated heterocycles. The Bertz CT molecular complexity index is 661. The zero-order chi connectivity index (χ0) is 16.7. The quantitative estimate of drug-likeness (QED) is 0.472. The lowest BCUT2D eigenvalue weighted by atomic mass is 9.77. The van der Waals surface area contributed by atoms with Gasteiger partial charge in [0.15, 0.2) is 4.34 Å². The van der Waals surface area contributed by atoms with Crippen LogP contribution in [0.5, 0.6) is 0 Å². The third kappa shape index (κ3) is 2.55. The number of aliphatic hydroxyl groups is 2. The minimum atomic E-state index is -1.20. The van der Waals surface area contributed by atoms with Crippen LogP contribution < -0.4 is 0 Å². The van der Waals surface area contributed by atoms with Gasteiger partial charge < -0.3 is 20.2 Å². The van der Waals surface area contributed by atoms with Crippen molar-refractivity contribution < 1.29 is 24.9 Å². The van der Waals surface area contributed by atoms with E-state index in [4.69, 9.17) is 0 Å². The third-order valence-corrected chi connectivity index (χ3v) is 6.11. The number of carbonyl (C=O) groups excluding carboxylic acids is 1. The molecule has 1 aromatic heterocycles. The highest BCUT2D eigenvalue weighted by atomic mass is 32.2. The zero-order valence-electron chi connectivity index (χ0n) is 12.1. The fourth-order valence-electron chi connectivity index (χ4n) is 3.25. The average molecular weight is 357 g/mol. The molecular weight excluding hydrogens is 342 g/mol. The second-order valence-corrected chi connectivity index (χ2v) is 7.48. The van der Waals surface area contributed by atoms with Crippen molar-refractivity contribution in [1.82, 2.24) is 15.1 Å². The van der Waals surface area contributed by atoms with Gasteiger partial charge in [0, 0.05) is 11.7 Å². The highest BCUT2D eigenvalue weighted by Crippen LogP contribution is 2.48. The number of aromatic nitrogens is 2. The molecule has 0 saturated carbocycles. The Hall–Kier alpha value is -1.49. The Morgan fingerprint density at radius 1 is 1.57 bits per heavy atom. The van der Waals surface area contributed by atoms with Crippen LogP contribution in [0.3, 0.4) is 0 Å². The number of aliphatic carboxylic acids is 1. The summed E-state index contributed by atoms with van der Waals surface area (Å²) in [5.74, 6) is -2.47. The number of carboxylic acids is 1. The van der Waals surface area contributed by atoms with Crippen LogP contribution in [0.2, 0.25) is 0 Å². The van der Waals surface area contributed by atoms with Crippen LogP contribution in [0.1, 0.15) is 6.92 Å². The van der Waals surface area contributed by atoms with Gasteiger partial charge in [-0.25, -0.2) is 4.79 Å². The molecule has 0 spiro atoms. The molecule has 0 unspecified atom stereocenters. The monoisotopic (exact) mass is 357 g/mol. The van der Waals surface area contributed by atoms with Gasteiger partial charge in [-0.05, 0) is 12.5 Å². The van der Waals surface area contributed by atoms with E-state index in [1.165, 1.54) is 34.9 Å². The Balaban J connectivity index is 1.91. The van der Waals surface area contributed by atoms with Gasteiger partial charge in [-0.2, -0.15) is 0 Å². The van der Waals surface area contributed by atoms with E-state index in [1.807, 2.05) is 0 Å². The van der Waals surface area contributed by atoms with E-state index < -0.39 is 35.9 Å². The van der Waals surface area contributed by atoms with E-state index in [2.05, 4.69) is 10.2 Å². The lowest BCUT2D eigenvalue weighted by molar-refractivity contribution is -0.164. The van der Waals surface area contributed by atoms with Crippen molar-refractivity contribution in [3.8, 4) is 0 Å². The van der Waals surface area contributed by atoms with Gasteiger partial charge in [0.2, 0.25) is 5.91 Å². The molecule has 3 N–H and O–H groups in total. The molecule has 0 bridgehead atoms. The number of rotatable bonds is 6. The second-order valence-electron chi connectivity index (χ2n) is 5.43. The minimum absolute atomic E-state index is 0.0760. The van der Waals surface area contributed by atoms with Gasteiger partial charge in [-0.3, -0.25) is 4.79 Å². The number of fused-ring (bicyclic) bond motifs is 1. The summed E-state index contributed by atoms with van der Waals surface area (Å²) in [6.45, 7) is 1.23. The molecule has 23 heavy (non-hydrogen) atoms. The van der Waals surface area contributed by atoms with Crippen LogP contribution in [-0.4, -0.2) is 66.8 Å². The van der Waals surface area contributed by atoms with E-state index >= 15 is 0 Å². The number of nitrogens with zero attached hydrogens (tertiary/aromatic N) is 3. The lowest BCUT2D eigenvalue weighted by Gasteiger charge is -2.46. The van der Waals surface area contributed by atoms with E-state index in [0.717, 1.165) is 0 Å². The normalized spacial score (nSPS) is 27.9. The molecule has 10 heteroatoms. The first-order valence-electron chi connectivity index (χ1n) is 6.94. The predicted molar refractivity (Wildman–Crippen MR) is 81.7 cm³/mol. The van der Waals surface area contributed by atoms with E-state index in [0.29, 0.717) is 15.7 Å². The van der Waals surface area contributed by atoms with Crippen molar-refractivity contribution >= 4 is 35.0 Å². The summed E-state index contributed by atoms with van der Waals surface area (Å²) in [5, 5.41) is 36.6. The molecule has 3 rings (SSSR count). The van der Waals surface area contributed by atoms with Crippen LogP contribution in [0, 0.1) is 11.8 Å². The number of carboxylic acid groups (broad SMARTS) is 1. The largest absolute Gasteiger partial charge is 0.477 e. The van der Waals surface area contributed by atoms with Crippen molar-refractivity contribution in [2.75, 3.05) is 12.4 Å². The number of carbonyl (C=O) groups is 2.